The Morgan fingerprint density at radius 1 is 0.926 bits per heavy atom. The van der Waals surface area contributed by atoms with Gasteiger partial charge in [-0.1, -0.05) is 36.4 Å². The lowest BCUT2D eigenvalue weighted by Crippen LogP contribution is -2.52. The van der Waals surface area contributed by atoms with E-state index in [0.29, 0.717) is 6.61 Å². The van der Waals surface area contributed by atoms with Gasteiger partial charge in [0, 0.05) is 39.1 Å². The molecule has 2 heterocycles. The van der Waals surface area contributed by atoms with E-state index in [2.05, 4.69) is 34.1 Å². The van der Waals surface area contributed by atoms with Crippen LogP contribution in [0.5, 0.6) is 11.5 Å². The predicted molar refractivity (Wildman–Crippen MR) is 103 cm³/mol. The van der Waals surface area contributed by atoms with Gasteiger partial charge in [-0.05, 0) is 23.3 Å². The van der Waals surface area contributed by atoms with E-state index in [1.807, 2.05) is 24.3 Å². The Morgan fingerprint density at radius 2 is 1.67 bits per heavy atom. The van der Waals surface area contributed by atoms with Crippen molar-refractivity contribution in [2.75, 3.05) is 39.3 Å². The molecule has 5 nitrogen and oxygen atoms in total. The summed E-state index contributed by atoms with van der Waals surface area (Å²) in [7, 11) is 0. The Balaban J connectivity index is 1.18. The SMILES string of the molecule is O[C@@H]1Cc2ccccc2[C@H]1N1CCN(C[C@H]2COc3ccccc3O2)CC1. The highest BCUT2D eigenvalue weighted by Gasteiger charge is 2.37. The van der Waals surface area contributed by atoms with E-state index in [1.54, 1.807) is 0 Å². The molecule has 5 rings (SSSR count). The van der Waals surface area contributed by atoms with E-state index in [4.69, 9.17) is 9.47 Å². The van der Waals surface area contributed by atoms with Gasteiger partial charge < -0.3 is 14.6 Å². The maximum absolute atomic E-state index is 10.6. The molecule has 0 radical (unpaired) electrons. The number of ether oxygens (including phenoxy) is 2. The maximum atomic E-state index is 10.6. The summed E-state index contributed by atoms with van der Waals surface area (Å²) in [4.78, 5) is 4.90. The molecule has 0 unspecified atom stereocenters. The predicted octanol–water partition coefficient (Wildman–Crippen LogP) is 2.10. The van der Waals surface area contributed by atoms with Gasteiger partial charge >= 0.3 is 0 Å². The average molecular weight is 366 g/mol. The number of rotatable bonds is 3. The van der Waals surface area contributed by atoms with Gasteiger partial charge in [0.05, 0.1) is 12.1 Å². The molecular formula is C22H26N2O3. The van der Waals surface area contributed by atoms with Crippen LogP contribution in [0.15, 0.2) is 48.5 Å². The summed E-state index contributed by atoms with van der Waals surface area (Å²) in [6.07, 6.45) is 0.554. The molecule has 142 valence electrons. The largest absolute Gasteiger partial charge is 0.486 e. The first kappa shape index (κ1) is 17.0. The van der Waals surface area contributed by atoms with Crippen molar-refractivity contribution in [2.24, 2.45) is 0 Å². The summed E-state index contributed by atoms with van der Waals surface area (Å²) >= 11 is 0. The first-order valence-corrected chi connectivity index (χ1v) is 9.89. The fourth-order valence-corrected chi connectivity index (χ4v) is 4.66. The summed E-state index contributed by atoms with van der Waals surface area (Å²) in [5, 5.41) is 10.6. The second-order valence-electron chi connectivity index (χ2n) is 7.75. The number of benzene rings is 2. The lowest BCUT2D eigenvalue weighted by atomic mass is 10.1. The molecule has 3 atom stereocenters. The van der Waals surface area contributed by atoms with E-state index in [1.165, 1.54) is 11.1 Å². The fourth-order valence-electron chi connectivity index (χ4n) is 4.66. The molecule has 3 aliphatic rings. The Hall–Kier alpha value is -2.08. The van der Waals surface area contributed by atoms with Gasteiger partial charge in [0.1, 0.15) is 12.7 Å². The van der Waals surface area contributed by atoms with Gasteiger partial charge in [0.15, 0.2) is 11.5 Å². The van der Waals surface area contributed by atoms with Crippen molar-refractivity contribution >= 4 is 0 Å². The molecule has 5 heteroatoms. The van der Waals surface area contributed by atoms with Gasteiger partial charge in [0.2, 0.25) is 0 Å². The van der Waals surface area contributed by atoms with E-state index >= 15 is 0 Å². The van der Waals surface area contributed by atoms with Crippen LogP contribution in [0.25, 0.3) is 0 Å². The second kappa shape index (κ2) is 7.15. The molecule has 27 heavy (non-hydrogen) atoms. The molecular weight excluding hydrogens is 340 g/mol. The summed E-state index contributed by atoms with van der Waals surface area (Å²) < 4.78 is 11.9. The third-order valence-corrected chi connectivity index (χ3v) is 6.00. The van der Waals surface area contributed by atoms with Crippen LogP contribution in [-0.4, -0.2) is 66.4 Å². The van der Waals surface area contributed by atoms with Crippen molar-refractivity contribution in [1.82, 2.24) is 9.80 Å². The highest BCUT2D eigenvalue weighted by Crippen LogP contribution is 2.36. The highest BCUT2D eigenvalue weighted by atomic mass is 16.6. The third kappa shape index (κ3) is 3.31. The first-order chi connectivity index (χ1) is 13.3. The van der Waals surface area contributed by atoms with Gasteiger partial charge in [-0.2, -0.15) is 0 Å². The fraction of sp³-hybridized carbons (Fsp3) is 0.455. The lowest BCUT2D eigenvalue weighted by molar-refractivity contribution is 0.00711. The monoisotopic (exact) mass is 366 g/mol. The van der Waals surface area contributed by atoms with Crippen molar-refractivity contribution in [3.63, 3.8) is 0 Å². The van der Waals surface area contributed by atoms with Crippen LogP contribution < -0.4 is 9.47 Å². The van der Waals surface area contributed by atoms with Crippen molar-refractivity contribution in [1.29, 1.82) is 0 Å². The van der Waals surface area contributed by atoms with Crippen molar-refractivity contribution < 1.29 is 14.6 Å². The standard InChI is InChI=1S/C22H26N2O3/c25-19-13-16-5-1-2-6-18(16)22(19)24-11-9-23(10-12-24)14-17-15-26-20-7-3-4-8-21(20)27-17/h1-8,17,19,22,25H,9-15H2/t17-,19+,22+/m0/s1. The normalized spacial score (nSPS) is 28.1. The Labute approximate surface area is 160 Å². The topological polar surface area (TPSA) is 45.2 Å². The molecule has 0 saturated carbocycles. The van der Waals surface area contributed by atoms with E-state index in [0.717, 1.165) is 50.6 Å². The van der Waals surface area contributed by atoms with Gasteiger partial charge in [-0.3, -0.25) is 9.80 Å². The zero-order chi connectivity index (χ0) is 18.2. The summed E-state index contributed by atoms with van der Waals surface area (Å²) in [5.74, 6) is 1.69. The van der Waals surface area contributed by atoms with Crippen molar-refractivity contribution in [3.8, 4) is 11.5 Å². The minimum absolute atomic E-state index is 0.0734. The molecule has 1 N–H and O–H groups in total. The lowest BCUT2D eigenvalue weighted by Gasteiger charge is -2.40. The Kier molecular flexibility index (Phi) is 4.52. The van der Waals surface area contributed by atoms with E-state index < -0.39 is 0 Å². The molecule has 2 aromatic carbocycles. The minimum Gasteiger partial charge on any atom is -0.486 e. The first-order valence-electron chi connectivity index (χ1n) is 9.89. The van der Waals surface area contributed by atoms with Crippen LogP contribution in [0.3, 0.4) is 0 Å². The number of para-hydroxylation sites is 2. The smallest absolute Gasteiger partial charge is 0.161 e. The molecule has 0 aromatic heterocycles. The Morgan fingerprint density at radius 3 is 2.52 bits per heavy atom. The second-order valence-corrected chi connectivity index (χ2v) is 7.75. The van der Waals surface area contributed by atoms with Crippen LogP contribution in [-0.2, 0) is 6.42 Å². The number of piperazine rings is 1. The highest BCUT2D eigenvalue weighted by molar-refractivity contribution is 5.40. The molecule has 1 saturated heterocycles. The minimum atomic E-state index is -0.291. The summed E-state index contributed by atoms with van der Waals surface area (Å²) in [6.45, 7) is 5.41. The van der Waals surface area contributed by atoms with E-state index in [-0.39, 0.29) is 18.2 Å². The summed E-state index contributed by atoms with van der Waals surface area (Å²) in [5.41, 5.74) is 2.60. The number of hydrogen-bond acceptors (Lipinski definition) is 5. The van der Waals surface area contributed by atoms with Crippen LogP contribution in [0.4, 0.5) is 0 Å². The maximum Gasteiger partial charge on any atom is 0.161 e. The third-order valence-electron chi connectivity index (χ3n) is 6.00. The van der Waals surface area contributed by atoms with Gasteiger partial charge in [-0.15, -0.1) is 0 Å². The Bertz CT molecular complexity index is 804. The van der Waals surface area contributed by atoms with Crippen molar-refractivity contribution in [3.05, 3.63) is 59.7 Å². The molecule has 0 bridgehead atoms. The van der Waals surface area contributed by atoms with Crippen LogP contribution >= 0.6 is 0 Å². The van der Waals surface area contributed by atoms with Gasteiger partial charge in [-0.25, -0.2) is 0 Å². The van der Waals surface area contributed by atoms with Crippen LogP contribution in [0.2, 0.25) is 0 Å². The zero-order valence-corrected chi connectivity index (χ0v) is 15.5. The summed E-state index contributed by atoms with van der Waals surface area (Å²) in [6, 6.07) is 16.5. The van der Waals surface area contributed by atoms with E-state index in [9.17, 15) is 5.11 Å². The molecule has 2 aromatic rings. The molecule has 1 aliphatic carbocycles. The number of fused-ring (bicyclic) bond motifs is 2. The van der Waals surface area contributed by atoms with Gasteiger partial charge in [0.25, 0.3) is 0 Å². The number of aliphatic hydroxyl groups excluding tert-OH is 1. The molecule has 0 amide bonds. The molecule has 0 spiro atoms. The number of nitrogens with zero attached hydrogens (tertiary/aromatic N) is 2. The molecule has 2 aliphatic heterocycles. The number of hydrogen-bond donors (Lipinski definition) is 1. The van der Waals surface area contributed by atoms with Crippen molar-refractivity contribution in [2.45, 2.75) is 24.7 Å². The molecule has 1 fully saturated rings. The average Bonchev–Trinajstić information content (AvgIpc) is 3.04. The number of aliphatic hydroxyl groups is 1. The van der Waals surface area contributed by atoms with Crippen LogP contribution in [0.1, 0.15) is 17.2 Å². The quantitative estimate of drug-likeness (QED) is 0.901. The zero-order valence-electron chi connectivity index (χ0n) is 15.5. The van der Waals surface area contributed by atoms with Crippen LogP contribution in [0, 0.1) is 0 Å².